The Morgan fingerprint density at radius 1 is 1.27 bits per heavy atom. The molecule has 1 fully saturated rings. The molecule has 1 saturated carbocycles. The summed E-state index contributed by atoms with van der Waals surface area (Å²) in [5, 5.41) is 2.89. The fraction of sp³-hybridized carbons (Fsp3) is 0.500. The van der Waals surface area contributed by atoms with Gasteiger partial charge in [-0.05, 0) is 25.7 Å². The summed E-state index contributed by atoms with van der Waals surface area (Å²) in [6.45, 7) is 1.91. The van der Waals surface area contributed by atoms with Gasteiger partial charge in [-0.2, -0.15) is 0 Å². The molecular weight excluding hydrogens is 278 g/mol. The number of anilines is 1. The van der Waals surface area contributed by atoms with E-state index in [4.69, 9.17) is 0 Å². The molecule has 0 spiro atoms. The number of carbonyl (C=O) groups is 1. The molecule has 0 aromatic carbocycles. The Bertz CT molecular complexity index is 645. The van der Waals surface area contributed by atoms with Crippen molar-refractivity contribution < 1.29 is 4.79 Å². The topological polar surface area (TPSA) is 72.7 Å². The number of aromatic nitrogens is 4. The van der Waals surface area contributed by atoms with Gasteiger partial charge in [0.1, 0.15) is 23.8 Å². The Labute approximate surface area is 130 Å². The van der Waals surface area contributed by atoms with Crippen LogP contribution in [0.3, 0.4) is 0 Å². The molecule has 6 nitrogen and oxygen atoms in total. The highest BCUT2D eigenvalue weighted by atomic mass is 16.1. The van der Waals surface area contributed by atoms with Crippen molar-refractivity contribution in [2.45, 2.75) is 45.4 Å². The van der Waals surface area contributed by atoms with Crippen LogP contribution < -0.4 is 5.32 Å². The number of rotatable bonds is 4. The minimum Gasteiger partial charge on any atom is -0.311 e. The molecule has 0 bridgehead atoms. The highest BCUT2D eigenvalue weighted by Crippen LogP contribution is 2.26. The van der Waals surface area contributed by atoms with Gasteiger partial charge in [0.15, 0.2) is 0 Å². The molecule has 0 saturated heterocycles. The first-order chi connectivity index (χ1) is 10.7. The summed E-state index contributed by atoms with van der Waals surface area (Å²) in [5.74, 6) is 2.65. The van der Waals surface area contributed by atoms with Crippen molar-refractivity contribution >= 4 is 11.7 Å². The molecule has 0 aliphatic heterocycles. The van der Waals surface area contributed by atoms with Crippen LogP contribution in [0.2, 0.25) is 0 Å². The van der Waals surface area contributed by atoms with Gasteiger partial charge in [-0.3, -0.25) is 9.36 Å². The summed E-state index contributed by atoms with van der Waals surface area (Å²) < 4.78 is 1.86. The van der Waals surface area contributed by atoms with Gasteiger partial charge in [-0.25, -0.2) is 15.0 Å². The van der Waals surface area contributed by atoms with E-state index >= 15 is 0 Å². The fourth-order valence-corrected chi connectivity index (χ4v) is 3.01. The predicted molar refractivity (Wildman–Crippen MR) is 83.7 cm³/mol. The first kappa shape index (κ1) is 14.7. The second-order valence-electron chi connectivity index (χ2n) is 5.86. The molecule has 3 rings (SSSR count). The lowest BCUT2D eigenvalue weighted by Gasteiger charge is -2.20. The van der Waals surface area contributed by atoms with Crippen LogP contribution in [0, 0.1) is 12.8 Å². The van der Waals surface area contributed by atoms with Gasteiger partial charge >= 0.3 is 0 Å². The first-order valence-electron chi connectivity index (χ1n) is 7.84. The van der Waals surface area contributed by atoms with Gasteiger partial charge < -0.3 is 5.32 Å². The largest absolute Gasteiger partial charge is 0.311 e. The molecule has 1 aliphatic rings. The van der Waals surface area contributed by atoms with Gasteiger partial charge in [0, 0.05) is 24.9 Å². The lowest BCUT2D eigenvalue weighted by atomic mass is 9.87. The van der Waals surface area contributed by atoms with E-state index in [2.05, 4.69) is 20.3 Å². The molecule has 1 amide bonds. The zero-order chi connectivity index (χ0) is 15.4. The highest BCUT2D eigenvalue weighted by Gasteiger charge is 2.17. The fourth-order valence-electron chi connectivity index (χ4n) is 3.01. The third-order valence-corrected chi connectivity index (χ3v) is 4.19. The van der Waals surface area contributed by atoms with E-state index in [9.17, 15) is 4.79 Å². The molecule has 1 aliphatic carbocycles. The number of aryl methyl sites for hydroxylation is 1. The molecule has 0 radical (unpaired) electrons. The van der Waals surface area contributed by atoms with Crippen LogP contribution in [0.1, 0.15) is 44.3 Å². The van der Waals surface area contributed by atoms with Crippen LogP contribution in [0.4, 0.5) is 5.82 Å². The molecule has 1 N–H and O–H groups in total. The molecule has 22 heavy (non-hydrogen) atoms. The number of nitrogens with one attached hydrogen (secondary N) is 1. The van der Waals surface area contributed by atoms with Crippen LogP contribution >= 0.6 is 0 Å². The number of hydrogen-bond acceptors (Lipinski definition) is 4. The summed E-state index contributed by atoms with van der Waals surface area (Å²) in [4.78, 5) is 24.7. The second kappa shape index (κ2) is 6.68. The summed E-state index contributed by atoms with van der Waals surface area (Å²) in [5.41, 5.74) is 0. The van der Waals surface area contributed by atoms with Crippen LogP contribution in [0.5, 0.6) is 0 Å². The summed E-state index contributed by atoms with van der Waals surface area (Å²) >= 11 is 0. The van der Waals surface area contributed by atoms with E-state index in [1.807, 2.05) is 17.7 Å². The Balaban J connectivity index is 1.65. The minimum atomic E-state index is 0.0407. The van der Waals surface area contributed by atoms with Crippen molar-refractivity contribution in [3.63, 3.8) is 0 Å². The Morgan fingerprint density at radius 3 is 2.82 bits per heavy atom. The zero-order valence-electron chi connectivity index (χ0n) is 12.8. The Morgan fingerprint density at radius 2 is 2.09 bits per heavy atom. The summed E-state index contributed by atoms with van der Waals surface area (Å²) in [6.07, 6.45) is 11.7. The zero-order valence-corrected chi connectivity index (χ0v) is 12.8. The van der Waals surface area contributed by atoms with Crippen molar-refractivity contribution in [1.29, 1.82) is 0 Å². The van der Waals surface area contributed by atoms with Crippen molar-refractivity contribution in [2.75, 3.05) is 5.32 Å². The van der Waals surface area contributed by atoms with Gasteiger partial charge in [0.2, 0.25) is 5.91 Å². The average Bonchev–Trinajstić information content (AvgIpc) is 2.94. The highest BCUT2D eigenvalue weighted by molar-refractivity contribution is 5.90. The Kier molecular flexibility index (Phi) is 4.46. The number of hydrogen-bond donors (Lipinski definition) is 1. The van der Waals surface area contributed by atoms with Gasteiger partial charge in [0.25, 0.3) is 0 Å². The summed E-state index contributed by atoms with van der Waals surface area (Å²) in [6, 6.07) is 1.77. The quantitative estimate of drug-likeness (QED) is 0.942. The average molecular weight is 299 g/mol. The number of imidazole rings is 1. The van der Waals surface area contributed by atoms with Crippen LogP contribution in [0.25, 0.3) is 5.82 Å². The maximum absolute atomic E-state index is 12.2. The van der Waals surface area contributed by atoms with Crippen LogP contribution in [0.15, 0.2) is 24.8 Å². The molecule has 0 unspecified atom stereocenters. The molecule has 2 heterocycles. The maximum atomic E-state index is 12.2. The summed E-state index contributed by atoms with van der Waals surface area (Å²) in [7, 11) is 0. The molecule has 2 aromatic rings. The van der Waals surface area contributed by atoms with Gasteiger partial charge in [-0.15, -0.1) is 0 Å². The third-order valence-electron chi connectivity index (χ3n) is 4.19. The lowest BCUT2D eigenvalue weighted by molar-refractivity contribution is -0.117. The number of carbonyl (C=O) groups excluding carboxylic acids is 1. The molecular formula is C16H21N5O. The maximum Gasteiger partial charge on any atom is 0.225 e. The van der Waals surface area contributed by atoms with Crippen molar-refractivity contribution in [1.82, 2.24) is 19.5 Å². The van der Waals surface area contributed by atoms with Gasteiger partial charge in [0.05, 0.1) is 0 Å². The van der Waals surface area contributed by atoms with E-state index in [-0.39, 0.29) is 5.91 Å². The van der Waals surface area contributed by atoms with Gasteiger partial charge in [-0.1, -0.05) is 19.3 Å². The monoisotopic (exact) mass is 299 g/mol. The van der Waals surface area contributed by atoms with E-state index < -0.39 is 0 Å². The van der Waals surface area contributed by atoms with E-state index in [1.54, 1.807) is 12.3 Å². The molecule has 0 atom stereocenters. The number of nitrogens with zero attached hydrogens (tertiary/aromatic N) is 4. The SMILES string of the molecule is Cc1nccn1-c1cc(NC(=O)CC2CCCCC2)ncn1. The smallest absolute Gasteiger partial charge is 0.225 e. The lowest BCUT2D eigenvalue weighted by Crippen LogP contribution is -2.19. The van der Waals surface area contributed by atoms with E-state index in [1.165, 1.54) is 25.6 Å². The van der Waals surface area contributed by atoms with Crippen molar-refractivity contribution in [2.24, 2.45) is 5.92 Å². The van der Waals surface area contributed by atoms with Crippen molar-refractivity contribution in [3.8, 4) is 5.82 Å². The molecule has 116 valence electrons. The normalized spacial score (nSPS) is 15.7. The van der Waals surface area contributed by atoms with Crippen LogP contribution in [-0.4, -0.2) is 25.4 Å². The number of amides is 1. The Hall–Kier alpha value is -2.24. The molecule has 2 aromatic heterocycles. The minimum absolute atomic E-state index is 0.0407. The van der Waals surface area contributed by atoms with E-state index in [0.29, 0.717) is 24.0 Å². The molecule has 6 heteroatoms. The predicted octanol–water partition coefficient (Wildman–Crippen LogP) is 2.88. The third kappa shape index (κ3) is 3.50. The first-order valence-corrected chi connectivity index (χ1v) is 7.84. The van der Waals surface area contributed by atoms with E-state index in [0.717, 1.165) is 18.7 Å². The van der Waals surface area contributed by atoms with Crippen molar-refractivity contribution in [3.05, 3.63) is 30.6 Å². The van der Waals surface area contributed by atoms with Crippen LogP contribution in [-0.2, 0) is 4.79 Å². The standard InChI is InChI=1S/C16H21N5O/c1-12-17-7-8-21(12)15-10-14(18-11-19-15)20-16(22)9-13-5-3-2-4-6-13/h7-8,10-11,13H,2-6,9H2,1H3,(H,18,19,20,22). The second-order valence-corrected chi connectivity index (χ2v) is 5.86.